The summed E-state index contributed by atoms with van der Waals surface area (Å²) in [5, 5.41) is 0. The monoisotopic (exact) mass is 500 g/mol. The molecule has 192 valence electrons. The Kier molecular flexibility index (Phi) is 11.0. The van der Waals surface area contributed by atoms with Gasteiger partial charge in [0.2, 0.25) is 0 Å². The van der Waals surface area contributed by atoms with E-state index >= 15 is 4.39 Å². The van der Waals surface area contributed by atoms with Crippen LogP contribution in [-0.2, 0) is 39.2 Å². The van der Waals surface area contributed by atoms with Crippen molar-refractivity contribution in [2.45, 2.75) is 101 Å². The van der Waals surface area contributed by atoms with Crippen molar-refractivity contribution in [2.24, 2.45) is 0 Å². The van der Waals surface area contributed by atoms with Gasteiger partial charge in [-0.05, 0) is 38.2 Å². The largest absolute Gasteiger partial charge is 0.459 e. The first-order valence-electron chi connectivity index (χ1n) is 12.3. The summed E-state index contributed by atoms with van der Waals surface area (Å²) < 4.78 is 54.7. The fourth-order valence-electron chi connectivity index (χ4n) is 4.70. The van der Waals surface area contributed by atoms with Gasteiger partial charge in [-0.3, -0.25) is 4.57 Å². The van der Waals surface area contributed by atoms with Crippen LogP contribution < -0.4 is 0 Å². The molecule has 7 nitrogen and oxygen atoms in total. The van der Waals surface area contributed by atoms with Crippen LogP contribution in [0.25, 0.3) is 0 Å². The first-order valence-corrected chi connectivity index (χ1v) is 13.6. The Hall–Kier alpha value is -1.31. The highest BCUT2D eigenvalue weighted by Crippen LogP contribution is 2.38. The number of rotatable bonds is 9. The molecule has 9 heteroatoms. The van der Waals surface area contributed by atoms with Gasteiger partial charge in [0.15, 0.2) is 11.8 Å². The third-order valence-electron chi connectivity index (χ3n) is 6.66. The van der Waals surface area contributed by atoms with E-state index in [0.29, 0.717) is 12.8 Å². The van der Waals surface area contributed by atoms with Crippen LogP contribution in [0.3, 0.4) is 0 Å². The summed E-state index contributed by atoms with van der Waals surface area (Å²) in [7, 11) is -1.41. The van der Waals surface area contributed by atoms with Crippen molar-refractivity contribution >= 4 is 14.2 Å². The molecule has 1 heterocycles. The Morgan fingerprint density at radius 3 is 2.32 bits per heavy atom. The Morgan fingerprint density at radius 1 is 1.09 bits per heavy atom. The summed E-state index contributed by atoms with van der Waals surface area (Å²) in [6.45, 7) is 1.61. The third-order valence-corrected chi connectivity index (χ3v) is 7.39. The maximum absolute atomic E-state index is 15.2. The van der Waals surface area contributed by atoms with E-state index in [1.165, 1.54) is 13.5 Å². The van der Waals surface area contributed by atoms with E-state index in [2.05, 4.69) is 0 Å². The third kappa shape index (κ3) is 7.59. The highest BCUT2D eigenvalue weighted by atomic mass is 31.1. The van der Waals surface area contributed by atoms with Gasteiger partial charge < -0.3 is 23.3 Å². The van der Waals surface area contributed by atoms with Gasteiger partial charge >= 0.3 is 14.2 Å². The SMILES string of the molecule is CO[PH](=O)OC[C@H]1O[C@@H](C)C(F)C1OC1(C(=O)OCc2ccccc2)CCCCCCCCC1. The van der Waals surface area contributed by atoms with Gasteiger partial charge in [-0.1, -0.05) is 62.4 Å². The highest BCUT2D eigenvalue weighted by Gasteiger charge is 2.51. The number of ether oxygens (including phenoxy) is 3. The van der Waals surface area contributed by atoms with Crippen LogP contribution in [0.15, 0.2) is 30.3 Å². The predicted octanol–water partition coefficient (Wildman–Crippen LogP) is 5.56. The van der Waals surface area contributed by atoms with E-state index in [1.54, 1.807) is 6.92 Å². The molecule has 1 aliphatic carbocycles. The molecule has 3 rings (SSSR count). The number of halogens is 1. The van der Waals surface area contributed by atoms with Crippen LogP contribution in [-0.4, -0.2) is 49.8 Å². The number of hydrogen-bond donors (Lipinski definition) is 0. The van der Waals surface area contributed by atoms with Crippen LogP contribution in [0.1, 0.15) is 70.3 Å². The first kappa shape index (κ1) is 27.3. The number of carbonyl (C=O) groups excluding carboxylic acids is 1. The average molecular weight is 501 g/mol. The minimum absolute atomic E-state index is 0.129. The molecule has 1 saturated carbocycles. The Morgan fingerprint density at radius 2 is 1.71 bits per heavy atom. The van der Waals surface area contributed by atoms with Crippen LogP contribution >= 0.6 is 8.25 Å². The van der Waals surface area contributed by atoms with E-state index in [9.17, 15) is 9.36 Å². The van der Waals surface area contributed by atoms with Crippen molar-refractivity contribution in [3.63, 3.8) is 0 Å². The van der Waals surface area contributed by atoms with E-state index in [0.717, 1.165) is 44.1 Å². The van der Waals surface area contributed by atoms with Gasteiger partial charge in [0.1, 0.15) is 18.8 Å². The summed E-state index contributed by atoms with van der Waals surface area (Å²) in [5.41, 5.74) is -0.387. The van der Waals surface area contributed by atoms with Gasteiger partial charge in [0, 0.05) is 7.11 Å². The molecular weight excluding hydrogens is 462 g/mol. The zero-order valence-electron chi connectivity index (χ0n) is 20.2. The van der Waals surface area contributed by atoms with Crippen molar-refractivity contribution in [2.75, 3.05) is 13.7 Å². The molecule has 0 N–H and O–H groups in total. The van der Waals surface area contributed by atoms with E-state index < -0.39 is 44.3 Å². The second-order valence-electron chi connectivity index (χ2n) is 9.20. The molecule has 0 amide bonds. The Balaban J connectivity index is 1.80. The maximum atomic E-state index is 15.2. The molecule has 34 heavy (non-hydrogen) atoms. The molecule has 1 aromatic carbocycles. The minimum atomic E-state index is -2.69. The summed E-state index contributed by atoms with van der Waals surface area (Å²) in [4.78, 5) is 13.5. The topological polar surface area (TPSA) is 80.3 Å². The van der Waals surface area contributed by atoms with Crippen LogP contribution in [0.2, 0.25) is 0 Å². The molecule has 0 bridgehead atoms. The number of hydrogen-bond acceptors (Lipinski definition) is 7. The molecule has 5 atom stereocenters. The number of esters is 1. The summed E-state index contributed by atoms with van der Waals surface area (Å²) in [6, 6.07) is 9.47. The van der Waals surface area contributed by atoms with Crippen molar-refractivity contribution < 1.29 is 37.0 Å². The number of alkyl halides is 1. The predicted molar refractivity (Wildman–Crippen MR) is 127 cm³/mol. The Labute approximate surface area is 202 Å². The molecule has 0 spiro atoms. The number of benzene rings is 1. The second-order valence-corrected chi connectivity index (χ2v) is 10.4. The highest BCUT2D eigenvalue weighted by molar-refractivity contribution is 7.33. The van der Waals surface area contributed by atoms with Crippen LogP contribution in [0.4, 0.5) is 4.39 Å². The van der Waals surface area contributed by atoms with Crippen molar-refractivity contribution in [3.8, 4) is 0 Å². The molecule has 0 aromatic heterocycles. The van der Waals surface area contributed by atoms with Crippen molar-refractivity contribution in [1.82, 2.24) is 0 Å². The standard InChI is InChI=1S/C25H38FO7P/c1-19-22(26)23(21(32-19)18-31-34(28)29-2)33-25(15-11-6-4-3-5-7-12-16-25)24(27)30-17-20-13-9-8-10-14-20/h8-10,13-14,19,21-23,34H,3-7,11-12,15-18H2,1-2H3/t19-,21+,22?,23?/m0/s1. The van der Waals surface area contributed by atoms with E-state index in [1.807, 2.05) is 30.3 Å². The second kappa shape index (κ2) is 13.7. The molecule has 0 radical (unpaired) electrons. The minimum Gasteiger partial charge on any atom is -0.459 e. The fraction of sp³-hybridized carbons (Fsp3) is 0.720. The molecule has 1 saturated heterocycles. The first-order chi connectivity index (χ1) is 16.4. The fourth-order valence-corrected chi connectivity index (χ4v) is 5.12. The number of carbonyl (C=O) groups is 1. The van der Waals surface area contributed by atoms with E-state index in [-0.39, 0.29) is 13.2 Å². The molecule has 3 unspecified atom stereocenters. The smallest absolute Gasteiger partial charge is 0.338 e. The normalized spacial score (nSPS) is 28.8. The molecule has 1 aromatic rings. The Bertz CT molecular complexity index is 768. The summed E-state index contributed by atoms with van der Waals surface area (Å²) in [6.07, 6.45) is 3.83. The zero-order chi connectivity index (χ0) is 24.4. The lowest BCUT2D eigenvalue weighted by atomic mass is 9.87. The lowest BCUT2D eigenvalue weighted by molar-refractivity contribution is -0.193. The summed E-state index contributed by atoms with van der Waals surface area (Å²) in [5.74, 6) is -0.464. The van der Waals surface area contributed by atoms with Gasteiger partial charge in [-0.2, -0.15) is 0 Å². The average Bonchev–Trinajstić information content (AvgIpc) is 3.12. The van der Waals surface area contributed by atoms with Gasteiger partial charge in [0.05, 0.1) is 12.7 Å². The van der Waals surface area contributed by atoms with Crippen LogP contribution in [0.5, 0.6) is 0 Å². The lowest BCUT2D eigenvalue weighted by Crippen LogP contribution is -2.50. The maximum Gasteiger partial charge on any atom is 0.338 e. The summed E-state index contributed by atoms with van der Waals surface area (Å²) >= 11 is 0. The van der Waals surface area contributed by atoms with Gasteiger partial charge in [-0.15, -0.1) is 0 Å². The molecule has 2 aliphatic rings. The van der Waals surface area contributed by atoms with E-state index in [4.69, 9.17) is 23.3 Å². The van der Waals surface area contributed by atoms with Gasteiger partial charge in [0.25, 0.3) is 0 Å². The molecular formula is C25H38FO7P. The zero-order valence-corrected chi connectivity index (χ0v) is 21.2. The van der Waals surface area contributed by atoms with Crippen molar-refractivity contribution in [3.05, 3.63) is 35.9 Å². The quantitative estimate of drug-likeness (QED) is 0.325. The van der Waals surface area contributed by atoms with Crippen LogP contribution in [0, 0.1) is 0 Å². The van der Waals surface area contributed by atoms with Gasteiger partial charge in [-0.25, -0.2) is 9.18 Å². The van der Waals surface area contributed by atoms with Crippen molar-refractivity contribution in [1.29, 1.82) is 0 Å². The molecule has 2 fully saturated rings. The molecule has 1 aliphatic heterocycles. The lowest BCUT2D eigenvalue weighted by Gasteiger charge is -2.36.